The number of aromatic nitrogens is 1. The Bertz CT molecular complexity index is 304. The molecule has 0 bridgehead atoms. The largest absolute Gasteiger partial charge is 0.618 e. The van der Waals surface area contributed by atoms with E-state index in [1.807, 2.05) is 0 Å². The van der Waals surface area contributed by atoms with Crippen LogP contribution in [-0.2, 0) is 11.3 Å². The molecule has 0 aliphatic carbocycles. The maximum absolute atomic E-state index is 11.1. The average molecular weight is 201 g/mol. The van der Waals surface area contributed by atoms with E-state index in [-0.39, 0.29) is 18.3 Å². The summed E-state index contributed by atoms with van der Waals surface area (Å²) < 4.78 is 0.703. The topological polar surface area (TPSA) is 56.0 Å². The standard InChI is InChI=1S/C8H9ClN2O2/c9-5-8(12)10-6-7-3-1-2-4-11(7)13/h1-4H,5-6H2,(H,10,12). The molecule has 0 fully saturated rings. The van der Waals surface area contributed by atoms with E-state index in [2.05, 4.69) is 5.32 Å². The molecule has 0 aromatic carbocycles. The second-order valence-electron chi connectivity index (χ2n) is 2.43. The van der Waals surface area contributed by atoms with Crippen LogP contribution in [0.5, 0.6) is 0 Å². The van der Waals surface area contributed by atoms with Crippen LogP contribution in [0.15, 0.2) is 24.4 Å². The lowest BCUT2D eigenvalue weighted by molar-refractivity contribution is -0.614. The van der Waals surface area contributed by atoms with Crippen molar-refractivity contribution in [1.82, 2.24) is 5.32 Å². The summed E-state index contributed by atoms with van der Waals surface area (Å²) in [5, 5.41) is 13.6. The molecule has 0 saturated heterocycles. The van der Waals surface area contributed by atoms with Gasteiger partial charge in [0.1, 0.15) is 12.4 Å². The molecule has 0 aliphatic heterocycles. The SMILES string of the molecule is O=C(CCl)NCc1cccc[n+]1[O-]. The van der Waals surface area contributed by atoms with Gasteiger partial charge in [-0.1, -0.05) is 0 Å². The molecule has 1 amide bonds. The van der Waals surface area contributed by atoms with Crippen LogP contribution in [0.2, 0.25) is 0 Å². The number of amides is 1. The average Bonchev–Trinajstić information content (AvgIpc) is 2.16. The number of alkyl halides is 1. The van der Waals surface area contributed by atoms with Crippen molar-refractivity contribution in [3.63, 3.8) is 0 Å². The monoisotopic (exact) mass is 200 g/mol. The van der Waals surface area contributed by atoms with E-state index in [0.717, 1.165) is 0 Å². The van der Waals surface area contributed by atoms with Gasteiger partial charge in [-0.05, 0) is 6.07 Å². The molecule has 0 unspecified atom stereocenters. The molecule has 4 nitrogen and oxygen atoms in total. The molecule has 70 valence electrons. The summed E-state index contributed by atoms with van der Waals surface area (Å²) in [5.41, 5.74) is 0.487. The van der Waals surface area contributed by atoms with E-state index in [1.54, 1.807) is 18.2 Å². The fraction of sp³-hybridized carbons (Fsp3) is 0.250. The number of nitrogens with one attached hydrogen (secondary N) is 1. The Morgan fingerprint density at radius 1 is 1.62 bits per heavy atom. The molecule has 0 atom stereocenters. The van der Waals surface area contributed by atoms with Crippen LogP contribution in [-0.4, -0.2) is 11.8 Å². The van der Waals surface area contributed by atoms with Crippen LogP contribution in [0.3, 0.4) is 0 Å². The van der Waals surface area contributed by atoms with E-state index >= 15 is 0 Å². The first-order valence-electron chi connectivity index (χ1n) is 3.74. The highest BCUT2D eigenvalue weighted by Crippen LogP contribution is 1.89. The third-order valence-electron chi connectivity index (χ3n) is 1.49. The molecule has 1 heterocycles. The maximum Gasteiger partial charge on any atom is 0.235 e. The third-order valence-corrected chi connectivity index (χ3v) is 1.74. The maximum atomic E-state index is 11.1. The smallest absolute Gasteiger partial charge is 0.235 e. The molecular weight excluding hydrogens is 192 g/mol. The summed E-state index contributed by atoms with van der Waals surface area (Å²) in [4.78, 5) is 10.7. The third kappa shape index (κ3) is 2.91. The number of hydrogen-bond donors (Lipinski definition) is 1. The Balaban J connectivity index is 2.54. The fourth-order valence-electron chi connectivity index (χ4n) is 0.837. The highest BCUT2D eigenvalue weighted by Gasteiger charge is 2.04. The van der Waals surface area contributed by atoms with Gasteiger partial charge in [0.2, 0.25) is 11.6 Å². The van der Waals surface area contributed by atoms with Gasteiger partial charge in [-0.15, -0.1) is 11.6 Å². The van der Waals surface area contributed by atoms with Crippen molar-refractivity contribution in [1.29, 1.82) is 0 Å². The van der Waals surface area contributed by atoms with Gasteiger partial charge in [-0.25, -0.2) is 0 Å². The molecule has 1 aromatic rings. The second-order valence-corrected chi connectivity index (χ2v) is 2.70. The molecule has 0 aliphatic rings. The van der Waals surface area contributed by atoms with E-state index in [9.17, 15) is 10.0 Å². The summed E-state index contributed by atoms with van der Waals surface area (Å²) in [6.45, 7) is 0.204. The van der Waals surface area contributed by atoms with Gasteiger partial charge in [-0.2, -0.15) is 4.73 Å². The van der Waals surface area contributed by atoms with Gasteiger partial charge < -0.3 is 10.5 Å². The number of rotatable bonds is 3. The van der Waals surface area contributed by atoms with E-state index < -0.39 is 0 Å². The summed E-state index contributed by atoms with van der Waals surface area (Å²) in [6.07, 6.45) is 1.38. The van der Waals surface area contributed by atoms with Crippen LogP contribution in [0.4, 0.5) is 0 Å². The summed E-state index contributed by atoms with van der Waals surface area (Å²) in [6, 6.07) is 5.00. The van der Waals surface area contributed by atoms with Crippen LogP contribution < -0.4 is 10.0 Å². The Morgan fingerprint density at radius 2 is 2.38 bits per heavy atom. The minimum atomic E-state index is -0.287. The number of carbonyl (C=O) groups is 1. The number of hydrogen-bond acceptors (Lipinski definition) is 2. The Morgan fingerprint density at radius 3 is 3.00 bits per heavy atom. The number of carbonyl (C=O) groups excluding carboxylic acids is 1. The Hall–Kier alpha value is -1.29. The van der Waals surface area contributed by atoms with E-state index in [4.69, 9.17) is 11.6 Å². The summed E-state index contributed by atoms with van der Waals surface area (Å²) >= 11 is 5.26. The first-order chi connectivity index (χ1) is 6.24. The molecule has 13 heavy (non-hydrogen) atoms. The van der Waals surface area contributed by atoms with E-state index in [0.29, 0.717) is 10.4 Å². The highest BCUT2D eigenvalue weighted by atomic mass is 35.5. The first-order valence-corrected chi connectivity index (χ1v) is 4.27. The highest BCUT2D eigenvalue weighted by molar-refractivity contribution is 6.27. The van der Waals surface area contributed by atoms with Crippen molar-refractivity contribution < 1.29 is 9.52 Å². The summed E-state index contributed by atoms with van der Waals surface area (Å²) in [7, 11) is 0. The van der Waals surface area contributed by atoms with Gasteiger partial charge in [0.05, 0.1) is 0 Å². The Kier molecular flexibility index (Phi) is 3.52. The second kappa shape index (κ2) is 4.67. The molecule has 0 saturated carbocycles. The predicted molar refractivity (Wildman–Crippen MR) is 48.0 cm³/mol. The van der Waals surface area contributed by atoms with Gasteiger partial charge in [0.25, 0.3) is 0 Å². The van der Waals surface area contributed by atoms with Crippen molar-refractivity contribution in [3.8, 4) is 0 Å². The van der Waals surface area contributed by atoms with Gasteiger partial charge >= 0.3 is 0 Å². The van der Waals surface area contributed by atoms with Crippen molar-refractivity contribution in [2.75, 3.05) is 5.88 Å². The van der Waals surface area contributed by atoms with Crippen LogP contribution in [0.1, 0.15) is 5.69 Å². The minimum absolute atomic E-state index is 0.0916. The zero-order valence-corrected chi connectivity index (χ0v) is 7.62. The Labute approximate surface area is 80.7 Å². The molecular formula is C8H9ClN2O2. The van der Waals surface area contributed by atoms with Crippen molar-refractivity contribution in [2.45, 2.75) is 6.54 Å². The van der Waals surface area contributed by atoms with Gasteiger partial charge in [0, 0.05) is 12.1 Å². The van der Waals surface area contributed by atoms with Gasteiger partial charge in [-0.3, -0.25) is 4.79 Å². The summed E-state index contributed by atoms with van der Waals surface area (Å²) in [5.74, 6) is -0.378. The fourth-order valence-corrected chi connectivity index (χ4v) is 0.931. The number of halogens is 1. The van der Waals surface area contributed by atoms with Crippen molar-refractivity contribution >= 4 is 17.5 Å². The minimum Gasteiger partial charge on any atom is -0.618 e. The zero-order chi connectivity index (χ0) is 9.68. The predicted octanol–water partition coefficient (Wildman–Crippen LogP) is 0.175. The lowest BCUT2D eigenvalue weighted by Gasteiger charge is -2.03. The number of pyridine rings is 1. The van der Waals surface area contributed by atoms with Crippen molar-refractivity contribution in [2.24, 2.45) is 0 Å². The molecule has 0 radical (unpaired) electrons. The van der Waals surface area contributed by atoms with Crippen molar-refractivity contribution in [3.05, 3.63) is 35.3 Å². The molecule has 0 spiro atoms. The molecule has 5 heteroatoms. The normalized spacial score (nSPS) is 9.62. The van der Waals surface area contributed by atoms with E-state index in [1.165, 1.54) is 6.20 Å². The van der Waals surface area contributed by atoms with Gasteiger partial charge in [0.15, 0.2) is 6.20 Å². The number of nitrogens with zero attached hydrogens (tertiary/aromatic N) is 1. The van der Waals surface area contributed by atoms with Crippen LogP contribution >= 0.6 is 11.6 Å². The zero-order valence-electron chi connectivity index (χ0n) is 6.87. The quantitative estimate of drug-likeness (QED) is 0.430. The molecule has 1 rings (SSSR count). The van der Waals surface area contributed by atoms with Crippen LogP contribution in [0.25, 0.3) is 0 Å². The molecule has 1 aromatic heterocycles. The first kappa shape index (κ1) is 9.80. The lowest BCUT2D eigenvalue weighted by atomic mass is 10.3. The van der Waals surface area contributed by atoms with Crippen LogP contribution in [0, 0.1) is 5.21 Å². The molecule has 1 N–H and O–H groups in total. The lowest BCUT2D eigenvalue weighted by Crippen LogP contribution is -2.35.